The Labute approximate surface area is 69.5 Å². The maximum atomic E-state index is 2.04. The largest absolute Gasteiger partial charge is 0.316 e. The van der Waals surface area contributed by atoms with E-state index in [1.165, 1.54) is 0 Å². The van der Waals surface area contributed by atoms with Crippen molar-refractivity contribution in [3.63, 3.8) is 0 Å². The van der Waals surface area contributed by atoms with Crippen LogP contribution in [0.15, 0.2) is 22.9 Å². The Bertz CT molecular complexity index is 68.2. The van der Waals surface area contributed by atoms with Crippen molar-refractivity contribution in [3.8, 4) is 0 Å². The SMILES string of the molecule is Cl.[MgH2].c1ccsc1. The molecule has 1 rings (SSSR count). The van der Waals surface area contributed by atoms with Crippen molar-refractivity contribution in [2.75, 3.05) is 0 Å². The van der Waals surface area contributed by atoms with Gasteiger partial charge in [-0.05, 0) is 10.8 Å². The van der Waals surface area contributed by atoms with Crippen molar-refractivity contribution in [3.05, 3.63) is 22.9 Å². The quantitative estimate of drug-likeness (QED) is 0.484. The summed E-state index contributed by atoms with van der Waals surface area (Å²) in [4.78, 5) is 0. The van der Waals surface area contributed by atoms with Crippen molar-refractivity contribution >= 4 is 46.8 Å². The van der Waals surface area contributed by atoms with Gasteiger partial charge in [0.1, 0.15) is 0 Å². The zero-order valence-corrected chi connectivity index (χ0v) is 4.76. The fourth-order valence-corrected chi connectivity index (χ4v) is 0.680. The minimum Gasteiger partial charge on any atom is -0.152 e. The van der Waals surface area contributed by atoms with Crippen molar-refractivity contribution in [1.29, 1.82) is 0 Å². The van der Waals surface area contributed by atoms with Crippen molar-refractivity contribution < 1.29 is 0 Å². The molecule has 0 radical (unpaired) electrons. The van der Waals surface area contributed by atoms with Gasteiger partial charge in [0.2, 0.25) is 0 Å². The molecule has 3 heteroatoms. The van der Waals surface area contributed by atoms with E-state index in [9.17, 15) is 0 Å². The maximum Gasteiger partial charge on any atom is 0.316 e. The first kappa shape index (κ1) is 10.7. The lowest BCUT2D eigenvalue weighted by atomic mass is 10.7. The molecule has 0 fully saturated rings. The van der Waals surface area contributed by atoms with Crippen LogP contribution in [-0.4, -0.2) is 23.1 Å². The van der Waals surface area contributed by atoms with Gasteiger partial charge in [-0.15, -0.1) is 12.4 Å². The van der Waals surface area contributed by atoms with E-state index in [0.717, 1.165) is 0 Å². The first-order valence-electron chi connectivity index (χ1n) is 1.47. The highest BCUT2D eigenvalue weighted by molar-refractivity contribution is 7.07. The second kappa shape index (κ2) is 6.76. The molecule has 0 nitrogen and oxygen atoms in total. The van der Waals surface area contributed by atoms with Gasteiger partial charge in [0.05, 0.1) is 0 Å². The predicted octanol–water partition coefficient (Wildman–Crippen LogP) is 1.25. The lowest BCUT2D eigenvalue weighted by molar-refractivity contribution is 2.03. The van der Waals surface area contributed by atoms with Crippen LogP contribution in [-0.2, 0) is 0 Å². The molecule has 0 N–H and O–H groups in total. The highest BCUT2D eigenvalue weighted by atomic mass is 35.5. The van der Waals surface area contributed by atoms with Crippen LogP contribution in [0.25, 0.3) is 0 Å². The Morgan fingerprint density at radius 2 is 1.43 bits per heavy atom. The standard InChI is InChI=1S/C4H4S.ClH.Mg.2H/c1-2-4-5-3-1;;;;/h1-4H;1H;;;. The molecule has 0 amide bonds. The first-order valence-corrected chi connectivity index (χ1v) is 2.41. The summed E-state index contributed by atoms with van der Waals surface area (Å²) in [7, 11) is 0. The third-order valence-electron chi connectivity index (χ3n) is 0.425. The van der Waals surface area contributed by atoms with Gasteiger partial charge in [-0.1, -0.05) is 12.1 Å². The average Bonchev–Trinajstić information content (AvgIpc) is 1.76. The van der Waals surface area contributed by atoms with Crippen LogP contribution < -0.4 is 0 Å². The molecule has 1 aromatic rings. The Kier molecular flexibility index (Phi) is 10.3. The minimum atomic E-state index is 0. The predicted molar refractivity (Wildman–Crippen MR) is 40.1 cm³/mol. The normalized spacial score (nSPS) is 5.71. The molecular weight excluding hydrogens is 140 g/mol. The van der Waals surface area contributed by atoms with E-state index in [1.807, 2.05) is 22.9 Å². The molecule has 0 bridgehead atoms. The van der Waals surface area contributed by atoms with E-state index < -0.39 is 0 Å². The zero-order chi connectivity index (χ0) is 3.54. The Morgan fingerprint density at radius 1 is 1.00 bits per heavy atom. The smallest absolute Gasteiger partial charge is 0.152 e. The molecule has 0 spiro atoms. The molecule has 0 saturated carbocycles. The van der Waals surface area contributed by atoms with Gasteiger partial charge in [-0.25, -0.2) is 0 Å². The molecule has 0 aliphatic rings. The third kappa shape index (κ3) is 4.61. The van der Waals surface area contributed by atoms with Crippen LogP contribution in [0.1, 0.15) is 0 Å². The van der Waals surface area contributed by atoms with Crippen LogP contribution in [0.3, 0.4) is 0 Å². The van der Waals surface area contributed by atoms with E-state index in [4.69, 9.17) is 0 Å². The summed E-state index contributed by atoms with van der Waals surface area (Å²) >= 11 is 1.71. The molecule has 0 atom stereocenters. The topological polar surface area (TPSA) is 0 Å². The van der Waals surface area contributed by atoms with Gasteiger partial charge in [0.25, 0.3) is 0 Å². The van der Waals surface area contributed by atoms with Crippen molar-refractivity contribution in [2.45, 2.75) is 0 Å². The summed E-state index contributed by atoms with van der Waals surface area (Å²) < 4.78 is 0. The van der Waals surface area contributed by atoms with Crippen molar-refractivity contribution in [2.24, 2.45) is 0 Å². The highest BCUT2D eigenvalue weighted by Gasteiger charge is 1.58. The molecule has 38 valence electrons. The van der Waals surface area contributed by atoms with E-state index in [0.29, 0.717) is 0 Å². The van der Waals surface area contributed by atoms with E-state index in [-0.39, 0.29) is 35.5 Å². The molecule has 0 unspecified atom stereocenters. The van der Waals surface area contributed by atoms with Crippen LogP contribution >= 0.6 is 23.7 Å². The summed E-state index contributed by atoms with van der Waals surface area (Å²) in [5.74, 6) is 0. The second-order valence-electron chi connectivity index (χ2n) is 0.793. The maximum absolute atomic E-state index is 2.04. The lowest BCUT2D eigenvalue weighted by Crippen LogP contribution is -1.16. The summed E-state index contributed by atoms with van der Waals surface area (Å²) in [5.41, 5.74) is 0. The first-order chi connectivity index (χ1) is 2.50. The molecule has 0 aliphatic carbocycles. The molecule has 1 heterocycles. The molecule has 7 heavy (non-hydrogen) atoms. The molecule has 0 saturated heterocycles. The van der Waals surface area contributed by atoms with Crippen LogP contribution in [0.4, 0.5) is 0 Å². The van der Waals surface area contributed by atoms with E-state index in [1.54, 1.807) is 11.3 Å². The lowest BCUT2D eigenvalue weighted by Gasteiger charge is -1.39. The van der Waals surface area contributed by atoms with Gasteiger partial charge in [-0.2, -0.15) is 11.3 Å². The Balaban J connectivity index is 0. The zero-order valence-electron chi connectivity index (χ0n) is 3.13. The number of rotatable bonds is 0. The summed E-state index contributed by atoms with van der Waals surface area (Å²) in [6.45, 7) is 0. The Hall–Kier alpha value is 0.756. The van der Waals surface area contributed by atoms with Crippen LogP contribution in [0.2, 0.25) is 0 Å². The number of hydrogen-bond donors (Lipinski definition) is 0. The number of halogens is 1. The summed E-state index contributed by atoms with van der Waals surface area (Å²) in [5, 5.41) is 4.08. The molecule has 1 aromatic heterocycles. The van der Waals surface area contributed by atoms with Gasteiger partial charge in [0.15, 0.2) is 0 Å². The van der Waals surface area contributed by atoms with Gasteiger partial charge in [0, 0.05) is 0 Å². The van der Waals surface area contributed by atoms with Gasteiger partial charge < -0.3 is 0 Å². The average molecular weight is 147 g/mol. The highest BCUT2D eigenvalue weighted by Crippen LogP contribution is 1.91. The third-order valence-corrected chi connectivity index (χ3v) is 1.05. The Morgan fingerprint density at radius 3 is 1.57 bits per heavy atom. The van der Waals surface area contributed by atoms with E-state index >= 15 is 0 Å². The van der Waals surface area contributed by atoms with Gasteiger partial charge >= 0.3 is 23.1 Å². The fraction of sp³-hybridized carbons (Fsp3) is 0. The number of hydrogen-bond acceptors (Lipinski definition) is 1. The monoisotopic (exact) mass is 146 g/mol. The van der Waals surface area contributed by atoms with Crippen molar-refractivity contribution in [1.82, 2.24) is 0 Å². The number of thiophene rings is 1. The fourth-order valence-electron chi connectivity index (χ4n) is 0.227. The molecule has 0 aliphatic heterocycles. The second-order valence-corrected chi connectivity index (χ2v) is 1.61. The summed E-state index contributed by atoms with van der Waals surface area (Å²) in [6.07, 6.45) is 0. The van der Waals surface area contributed by atoms with Crippen LogP contribution in [0, 0.1) is 0 Å². The minimum absolute atomic E-state index is 0. The molecule has 0 aromatic carbocycles. The van der Waals surface area contributed by atoms with Gasteiger partial charge in [-0.3, -0.25) is 0 Å². The molecular formula is C4H7ClMgS. The summed E-state index contributed by atoms with van der Waals surface area (Å²) in [6, 6.07) is 4.04. The van der Waals surface area contributed by atoms with Crippen LogP contribution in [0.5, 0.6) is 0 Å². The van der Waals surface area contributed by atoms with E-state index in [2.05, 4.69) is 0 Å².